The molecule has 4 heteroatoms. The predicted molar refractivity (Wildman–Crippen MR) is 49.3 cm³/mol. The number of carbonyl (C=O) groups excluding carboxylic acids is 1. The number of hydrogen-bond acceptors (Lipinski definition) is 2. The van der Waals surface area contributed by atoms with E-state index in [1.807, 2.05) is 13.8 Å². The quantitative estimate of drug-likeness (QED) is 0.675. The summed E-state index contributed by atoms with van der Waals surface area (Å²) in [4.78, 5) is 21.7. The lowest BCUT2D eigenvalue weighted by atomic mass is 10.1. The van der Waals surface area contributed by atoms with Gasteiger partial charge in [0, 0.05) is 6.42 Å². The Morgan fingerprint density at radius 2 is 1.92 bits per heavy atom. The van der Waals surface area contributed by atoms with Gasteiger partial charge in [-0.1, -0.05) is 20.8 Å². The van der Waals surface area contributed by atoms with Crippen molar-refractivity contribution < 1.29 is 14.7 Å². The van der Waals surface area contributed by atoms with Crippen LogP contribution in [0.1, 0.15) is 33.6 Å². The van der Waals surface area contributed by atoms with Gasteiger partial charge in [-0.05, 0) is 12.3 Å². The number of aliphatic carboxylic acids is 1. The first kappa shape index (κ1) is 11.9. The van der Waals surface area contributed by atoms with Gasteiger partial charge in [-0.25, -0.2) is 4.79 Å². The first-order valence-corrected chi connectivity index (χ1v) is 4.49. The van der Waals surface area contributed by atoms with Crippen molar-refractivity contribution in [1.82, 2.24) is 5.32 Å². The van der Waals surface area contributed by atoms with Crippen molar-refractivity contribution >= 4 is 11.9 Å². The summed E-state index contributed by atoms with van der Waals surface area (Å²) in [5.74, 6) is -0.907. The second kappa shape index (κ2) is 5.56. The number of amides is 1. The van der Waals surface area contributed by atoms with Gasteiger partial charge in [-0.2, -0.15) is 0 Å². The molecule has 0 rings (SSSR count). The van der Waals surface area contributed by atoms with E-state index in [1.54, 1.807) is 6.92 Å². The van der Waals surface area contributed by atoms with E-state index in [0.717, 1.165) is 0 Å². The Morgan fingerprint density at radius 1 is 1.38 bits per heavy atom. The molecule has 0 aliphatic carbocycles. The molecule has 1 atom stereocenters. The molecule has 0 aliphatic heterocycles. The minimum atomic E-state index is -0.973. The molecule has 0 spiro atoms. The van der Waals surface area contributed by atoms with E-state index in [2.05, 4.69) is 5.32 Å². The Morgan fingerprint density at radius 3 is 2.23 bits per heavy atom. The highest BCUT2D eigenvalue weighted by atomic mass is 16.4. The van der Waals surface area contributed by atoms with E-state index >= 15 is 0 Å². The maximum Gasteiger partial charge on any atom is 0.326 e. The van der Waals surface area contributed by atoms with Gasteiger partial charge in [-0.3, -0.25) is 4.79 Å². The summed E-state index contributed by atoms with van der Waals surface area (Å²) >= 11 is 0. The molecule has 4 nitrogen and oxygen atoms in total. The Bertz CT molecular complexity index is 189. The van der Waals surface area contributed by atoms with Crippen LogP contribution in [0.5, 0.6) is 0 Å². The van der Waals surface area contributed by atoms with Crippen molar-refractivity contribution in [2.75, 3.05) is 0 Å². The van der Waals surface area contributed by atoms with Crippen LogP contribution in [0.2, 0.25) is 0 Å². The normalized spacial score (nSPS) is 12.6. The maximum atomic E-state index is 11.2. The number of carboxylic acids is 1. The number of carboxylic acid groups (broad SMARTS) is 1. The Kier molecular flexibility index (Phi) is 5.11. The van der Waals surface area contributed by atoms with Crippen molar-refractivity contribution in [3.8, 4) is 0 Å². The molecule has 0 bridgehead atoms. The van der Waals surface area contributed by atoms with Crippen LogP contribution in [0.25, 0.3) is 0 Å². The number of hydrogen-bond donors (Lipinski definition) is 2. The van der Waals surface area contributed by atoms with Crippen LogP contribution in [-0.2, 0) is 9.59 Å². The molecule has 13 heavy (non-hydrogen) atoms. The summed E-state index contributed by atoms with van der Waals surface area (Å²) in [7, 11) is 0. The lowest BCUT2D eigenvalue weighted by Crippen LogP contribution is -2.40. The van der Waals surface area contributed by atoms with E-state index in [-0.39, 0.29) is 11.8 Å². The molecule has 0 unspecified atom stereocenters. The van der Waals surface area contributed by atoms with Crippen LogP contribution in [0.3, 0.4) is 0 Å². The van der Waals surface area contributed by atoms with Crippen LogP contribution < -0.4 is 5.32 Å². The van der Waals surface area contributed by atoms with E-state index in [4.69, 9.17) is 5.11 Å². The van der Waals surface area contributed by atoms with Crippen LogP contribution in [0.4, 0.5) is 0 Å². The molecule has 0 radical (unpaired) electrons. The summed E-state index contributed by atoms with van der Waals surface area (Å²) in [5.41, 5.74) is 0. The fourth-order valence-corrected chi connectivity index (χ4v) is 0.962. The average molecular weight is 187 g/mol. The number of carbonyl (C=O) groups is 2. The molecule has 0 saturated carbocycles. The third-order valence-electron chi connectivity index (χ3n) is 1.64. The summed E-state index contributed by atoms with van der Waals surface area (Å²) in [6.45, 7) is 5.57. The first-order chi connectivity index (χ1) is 5.97. The summed E-state index contributed by atoms with van der Waals surface area (Å²) in [6.07, 6.45) is 0.795. The summed E-state index contributed by atoms with van der Waals surface area (Å²) in [5, 5.41) is 11.1. The second-order valence-corrected chi connectivity index (χ2v) is 3.46. The molecule has 2 N–H and O–H groups in total. The van der Waals surface area contributed by atoms with Crippen LogP contribution in [-0.4, -0.2) is 23.0 Å². The molecule has 0 aliphatic rings. The highest BCUT2D eigenvalue weighted by Crippen LogP contribution is 2.00. The second-order valence-electron chi connectivity index (χ2n) is 3.46. The first-order valence-electron chi connectivity index (χ1n) is 4.49. The van der Waals surface area contributed by atoms with Gasteiger partial charge in [-0.15, -0.1) is 0 Å². The van der Waals surface area contributed by atoms with Crippen molar-refractivity contribution in [1.29, 1.82) is 0 Å². The average Bonchev–Trinajstić information content (AvgIpc) is 1.98. The Hall–Kier alpha value is -1.06. The molecule has 0 aromatic carbocycles. The highest BCUT2D eigenvalue weighted by molar-refractivity contribution is 5.83. The highest BCUT2D eigenvalue weighted by Gasteiger charge is 2.17. The number of rotatable bonds is 5. The Balaban J connectivity index is 3.94. The van der Waals surface area contributed by atoms with Crippen molar-refractivity contribution in [3.05, 3.63) is 0 Å². The minimum absolute atomic E-state index is 0.191. The van der Waals surface area contributed by atoms with Gasteiger partial charge < -0.3 is 10.4 Å². The van der Waals surface area contributed by atoms with Gasteiger partial charge in [0.1, 0.15) is 6.04 Å². The largest absolute Gasteiger partial charge is 0.480 e. The van der Waals surface area contributed by atoms with Gasteiger partial charge in [0.15, 0.2) is 0 Å². The SMILES string of the molecule is CC[C@@H](NC(=O)CC(C)C)C(=O)O. The smallest absolute Gasteiger partial charge is 0.326 e. The molecule has 1 amide bonds. The maximum absolute atomic E-state index is 11.2. The molecule has 0 aromatic rings. The van der Waals surface area contributed by atoms with E-state index < -0.39 is 12.0 Å². The van der Waals surface area contributed by atoms with Gasteiger partial charge >= 0.3 is 5.97 Å². The van der Waals surface area contributed by atoms with E-state index in [9.17, 15) is 9.59 Å². The third-order valence-corrected chi connectivity index (χ3v) is 1.64. The van der Waals surface area contributed by atoms with Crippen LogP contribution in [0, 0.1) is 5.92 Å². The minimum Gasteiger partial charge on any atom is -0.480 e. The van der Waals surface area contributed by atoms with E-state index in [0.29, 0.717) is 12.8 Å². The van der Waals surface area contributed by atoms with Gasteiger partial charge in [0.2, 0.25) is 5.91 Å². The molecular weight excluding hydrogens is 170 g/mol. The summed E-state index contributed by atoms with van der Waals surface area (Å²) < 4.78 is 0. The zero-order valence-corrected chi connectivity index (χ0v) is 8.33. The molecule has 76 valence electrons. The number of nitrogens with one attached hydrogen (secondary N) is 1. The Labute approximate surface area is 78.3 Å². The van der Waals surface area contributed by atoms with E-state index in [1.165, 1.54) is 0 Å². The van der Waals surface area contributed by atoms with Crippen molar-refractivity contribution in [2.24, 2.45) is 5.92 Å². The fourth-order valence-electron chi connectivity index (χ4n) is 0.962. The van der Waals surface area contributed by atoms with Gasteiger partial charge in [0.25, 0.3) is 0 Å². The van der Waals surface area contributed by atoms with Crippen LogP contribution in [0.15, 0.2) is 0 Å². The summed E-state index contributed by atoms with van der Waals surface area (Å²) in [6, 6.07) is -0.744. The third kappa shape index (κ3) is 5.22. The van der Waals surface area contributed by atoms with Gasteiger partial charge in [0.05, 0.1) is 0 Å². The lowest BCUT2D eigenvalue weighted by molar-refractivity contribution is -0.142. The van der Waals surface area contributed by atoms with Crippen molar-refractivity contribution in [2.45, 2.75) is 39.7 Å². The lowest BCUT2D eigenvalue weighted by Gasteiger charge is -2.12. The molecule has 0 saturated heterocycles. The molecule has 0 heterocycles. The monoisotopic (exact) mass is 187 g/mol. The van der Waals surface area contributed by atoms with Crippen LogP contribution >= 0.6 is 0 Å². The zero-order valence-electron chi connectivity index (χ0n) is 8.33. The molecular formula is C9H17NO3. The molecule has 0 aromatic heterocycles. The topological polar surface area (TPSA) is 66.4 Å². The fraction of sp³-hybridized carbons (Fsp3) is 0.778. The molecule has 0 fully saturated rings. The zero-order chi connectivity index (χ0) is 10.4. The predicted octanol–water partition coefficient (Wildman–Crippen LogP) is 1.01. The van der Waals surface area contributed by atoms with Crippen molar-refractivity contribution in [3.63, 3.8) is 0 Å². The standard InChI is InChI=1S/C9H17NO3/c1-4-7(9(12)13)10-8(11)5-6(2)3/h6-7H,4-5H2,1-3H3,(H,10,11)(H,12,13)/t7-/m1/s1.